The number of nitrogen functional groups attached to an aromatic ring is 1. The van der Waals surface area contributed by atoms with Gasteiger partial charge in [0.2, 0.25) is 5.95 Å². The summed E-state index contributed by atoms with van der Waals surface area (Å²) in [6.45, 7) is 2.12. The van der Waals surface area contributed by atoms with Gasteiger partial charge in [0.05, 0.1) is 12.2 Å². The van der Waals surface area contributed by atoms with E-state index in [9.17, 15) is 4.79 Å². The number of nitrogens with two attached hydrogens (primary N) is 1. The first kappa shape index (κ1) is 13.0. The summed E-state index contributed by atoms with van der Waals surface area (Å²) in [6, 6.07) is 8.67. The number of hydrogen-bond donors (Lipinski definition) is 1. The molecule has 0 atom stereocenters. The fraction of sp³-hybridized carbons (Fsp3) is 0.143. The second-order valence-corrected chi connectivity index (χ2v) is 4.31. The number of hydrogen-bond acceptors (Lipinski definition) is 6. The Bertz CT molecular complexity index is 795. The van der Waals surface area contributed by atoms with E-state index >= 15 is 0 Å². The van der Waals surface area contributed by atoms with Crippen LogP contribution in [0.25, 0.3) is 17.0 Å². The molecule has 0 radical (unpaired) electrons. The number of benzene rings is 1. The van der Waals surface area contributed by atoms with Crippen molar-refractivity contribution in [1.29, 1.82) is 0 Å². The standard InChI is InChI=1S/C14H13N5O2/c1-2-21-13(20)10-5-3-9(4-6-10)12-16-8-7-11-17-14(15)18-19(11)12/h3-8H,2H2,1H3,(H2,15,18). The molecule has 0 saturated heterocycles. The fourth-order valence-electron chi connectivity index (χ4n) is 2.00. The van der Waals surface area contributed by atoms with E-state index in [1.54, 1.807) is 48.0 Å². The van der Waals surface area contributed by atoms with Gasteiger partial charge in [-0.3, -0.25) is 0 Å². The summed E-state index contributed by atoms with van der Waals surface area (Å²) in [5.74, 6) is 0.444. The van der Waals surface area contributed by atoms with E-state index < -0.39 is 0 Å². The highest BCUT2D eigenvalue weighted by Gasteiger charge is 2.10. The normalized spacial score (nSPS) is 10.7. The number of rotatable bonds is 3. The molecule has 106 valence electrons. The Balaban J connectivity index is 2.01. The van der Waals surface area contributed by atoms with Crippen LogP contribution in [0.3, 0.4) is 0 Å². The summed E-state index contributed by atoms with van der Waals surface area (Å²) in [7, 11) is 0. The molecule has 0 amide bonds. The van der Waals surface area contributed by atoms with Crippen molar-refractivity contribution in [2.45, 2.75) is 6.92 Å². The molecule has 0 aliphatic heterocycles. The zero-order valence-electron chi connectivity index (χ0n) is 11.4. The van der Waals surface area contributed by atoms with Crippen molar-refractivity contribution in [3.63, 3.8) is 0 Å². The maximum Gasteiger partial charge on any atom is 0.338 e. The van der Waals surface area contributed by atoms with Gasteiger partial charge in [0.1, 0.15) is 0 Å². The van der Waals surface area contributed by atoms with Crippen LogP contribution in [-0.2, 0) is 4.74 Å². The van der Waals surface area contributed by atoms with Gasteiger partial charge in [0.25, 0.3) is 0 Å². The van der Waals surface area contributed by atoms with Crippen molar-refractivity contribution in [1.82, 2.24) is 19.6 Å². The van der Waals surface area contributed by atoms with Crippen molar-refractivity contribution in [2.24, 2.45) is 0 Å². The lowest BCUT2D eigenvalue weighted by atomic mass is 10.1. The SMILES string of the molecule is CCOC(=O)c1ccc(-c2nccc3nc(N)nn23)cc1. The third-order valence-corrected chi connectivity index (χ3v) is 2.92. The third-order valence-electron chi connectivity index (χ3n) is 2.92. The number of aromatic nitrogens is 4. The number of anilines is 1. The highest BCUT2D eigenvalue weighted by Crippen LogP contribution is 2.19. The Hall–Kier alpha value is -2.96. The lowest BCUT2D eigenvalue weighted by Crippen LogP contribution is -2.04. The average Bonchev–Trinajstić information content (AvgIpc) is 2.87. The molecular weight excluding hydrogens is 270 g/mol. The Morgan fingerprint density at radius 3 is 2.76 bits per heavy atom. The first-order valence-corrected chi connectivity index (χ1v) is 6.44. The molecule has 0 saturated carbocycles. The molecule has 21 heavy (non-hydrogen) atoms. The molecule has 1 aromatic carbocycles. The zero-order chi connectivity index (χ0) is 14.8. The second kappa shape index (κ2) is 5.20. The highest BCUT2D eigenvalue weighted by molar-refractivity contribution is 5.89. The third kappa shape index (κ3) is 2.40. The number of carbonyl (C=O) groups is 1. The van der Waals surface area contributed by atoms with Crippen LogP contribution in [0.15, 0.2) is 36.5 Å². The number of carbonyl (C=O) groups excluding carboxylic acids is 1. The smallest absolute Gasteiger partial charge is 0.338 e. The topological polar surface area (TPSA) is 95.4 Å². The zero-order valence-corrected chi connectivity index (χ0v) is 11.4. The molecular formula is C14H13N5O2. The minimum atomic E-state index is -0.347. The van der Waals surface area contributed by atoms with Crippen LogP contribution in [0.5, 0.6) is 0 Å². The molecule has 7 heteroatoms. The van der Waals surface area contributed by atoms with Gasteiger partial charge >= 0.3 is 5.97 Å². The van der Waals surface area contributed by atoms with Crippen LogP contribution in [0.1, 0.15) is 17.3 Å². The molecule has 0 bridgehead atoms. The molecule has 0 aliphatic rings. The van der Waals surface area contributed by atoms with Gasteiger partial charge in [-0.2, -0.15) is 9.50 Å². The Morgan fingerprint density at radius 1 is 1.29 bits per heavy atom. The van der Waals surface area contributed by atoms with Crippen molar-refractivity contribution in [3.05, 3.63) is 42.1 Å². The van der Waals surface area contributed by atoms with Crippen molar-refractivity contribution >= 4 is 17.6 Å². The predicted molar refractivity (Wildman–Crippen MR) is 76.6 cm³/mol. The second-order valence-electron chi connectivity index (χ2n) is 4.31. The van der Waals surface area contributed by atoms with Gasteiger partial charge in [-0.15, -0.1) is 5.10 Å². The first-order valence-electron chi connectivity index (χ1n) is 6.44. The van der Waals surface area contributed by atoms with E-state index in [0.29, 0.717) is 23.6 Å². The first-order chi connectivity index (χ1) is 10.2. The molecule has 2 aromatic heterocycles. The molecule has 0 unspecified atom stereocenters. The van der Waals surface area contributed by atoms with Crippen LogP contribution in [0.2, 0.25) is 0 Å². The predicted octanol–water partition coefficient (Wildman–Crippen LogP) is 1.55. The molecule has 3 rings (SSSR count). The van der Waals surface area contributed by atoms with E-state index in [2.05, 4.69) is 15.1 Å². The minimum absolute atomic E-state index is 0.187. The van der Waals surface area contributed by atoms with E-state index in [1.807, 2.05) is 0 Å². The number of fused-ring (bicyclic) bond motifs is 1. The van der Waals surface area contributed by atoms with Crippen molar-refractivity contribution in [3.8, 4) is 11.4 Å². The minimum Gasteiger partial charge on any atom is -0.462 e. The highest BCUT2D eigenvalue weighted by atomic mass is 16.5. The van der Waals surface area contributed by atoms with Crippen LogP contribution >= 0.6 is 0 Å². The molecule has 2 heterocycles. The molecule has 7 nitrogen and oxygen atoms in total. The van der Waals surface area contributed by atoms with Gasteiger partial charge in [-0.05, 0) is 19.1 Å². The van der Waals surface area contributed by atoms with Gasteiger partial charge in [0.15, 0.2) is 11.5 Å². The summed E-state index contributed by atoms with van der Waals surface area (Å²) in [4.78, 5) is 20.0. The largest absolute Gasteiger partial charge is 0.462 e. The summed E-state index contributed by atoms with van der Waals surface area (Å²) >= 11 is 0. The quantitative estimate of drug-likeness (QED) is 0.733. The van der Waals surface area contributed by atoms with Crippen LogP contribution in [0, 0.1) is 0 Å². The van der Waals surface area contributed by atoms with E-state index in [1.165, 1.54) is 0 Å². The number of esters is 1. The summed E-state index contributed by atoms with van der Waals surface area (Å²) < 4.78 is 6.51. The van der Waals surface area contributed by atoms with Crippen molar-refractivity contribution in [2.75, 3.05) is 12.3 Å². The Labute approximate surface area is 120 Å². The molecule has 2 N–H and O–H groups in total. The fourth-order valence-corrected chi connectivity index (χ4v) is 2.00. The average molecular weight is 283 g/mol. The number of nitrogens with zero attached hydrogens (tertiary/aromatic N) is 4. The van der Waals surface area contributed by atoms with Crippen molar-refractivity contribution < 1.29 is 9.53 Å². The maximum atomic E-state index is 11.6. The Morgan fingerprint density at radius 2 is 2.05 bits per heavy atom. The monoisotopic (exact) mass is 283 g/mol. The van der Waals surface area contributed by atoms with Crippen LogP contribution in [0.4, 0.5) is 5.95 Å². The lowest BCUT2D eigenvalue weighted by Gasteiger charge is -2.05. The van der Waals surface area contributed by atoms with E-state index in [0.717, 1.165) is 5.56 Å². The summed E-state index contributed by atoms with van der Waals surface area (Å²) in [6.07, 6.45) is 1.64. The van der Waals surface area contributed by atoms with Gasteiger partial charge < -0.3 is 10.5 Å². The molecule has 3 aromatic rings. The summed E-state index contributed by atoms with van der Waals surface area (Å²) in [5.41, 5.74) is 7.52. The summed E-state index contributed by atoms with van der Waals surface area (Å²) in [5, 5.41) is 4.11. The van der Waals surface area contributed by atoms with Gasteiger partial charge in [0, 0.05) is 17.8 Å². The number of ether oxygens (including phenoxy) is 1. The molecule has 0 fully saturated rings. The maximum absolute atomic E-state index is 11.6. The van der Waals surface area contributed by atoms with Crippen LogP contribution in [-0.4, -0.2) is 32.2 Å². The molecule has 0 aliphatic carbocycles. The Kier molecular flexibility index (Phi) is 3.23. The molecule has 0 spiro atoms. The lowest BCUT2D eigenvalue weighted by molar-refractivity contribution is 0.0526. The van der Waals surface area contributed by atoms with Crippen LogP contribution < -0.4 is 5.73 Å². The van der Waals surface area contributed by atoms with E-state index in [-0.39, 0.29) is 11.9 Å². The van der Waals surface area contributed by atoms with E-state index in [4.69, 9.17) is 10.5 Å². The van der Waals surface area contributed by atoms with Gasteiger partial charge in [-0.1, -0.05) is 12.1 Å². The van der Waals surface area contributed by atoms with Gasteiger partial charge in [-0.25, -0.2) is 9.78 Å².